The lowest BCUT2D eigenvalue weighted by Crippen LogP contribution is -2.55. The molecule has 1 aliphatic carbocycles. The maximum absolute atomic E-state index is 14.5. The van der Waals surface area contributed by atoms with Crippen molar-refractivity contribution in [2.45, 2.75) is 57.2 Å². The highest BCUT2D eigenvalue weighted by molar-refractivity contribution is 7.92. The molecule has 9 heteroatoms. The molecule has 2 amide bonds. The predicted octanol–water partition coefficient (Wildman–Crippen LogP) is 6.35. The van der Waals surface area contributed by atoms with Crippen molar-refractivity contribution in [1.82, 2.24) is 10.2 Å². The Bertz CT molecular complexity index is 1700. The third-order valence-electron chi connectivity index (χ3n) is 8.24. The molecule has 44 heavy (non-hydrogen) atoms. The third kappa shape index (κ3) is 7.79. The molecule has 0 heterocycles. The number of anilines is 1. The molecule has 0 saturated heterocycles. The van der Waals surface area contributed by atoms with Crippen molar-refractivity contribution < 1.29 is 18.0 Å². The van der Waals surface area contributed by atoms with Crippen LogP contribution in [0.2, 0.25) is 5.02 Å². The molecule has 7 nitrogen and oxygen atoms in total. The number of hydrogen-bond donors (Lipinski definition) is 1. The first-order chi connectivity index (χ1) is 21.2. The van der Waals surface area contributed by atoms with E-state index in [9.17, 15) is 18.0 Å². The summed E-state index contributed by atoms with van der Waals surface area (Å²) in [7, 11) is -3.89. The van der Waals surface area contributed by atoms with Gasteiger partial charge < -0.3 is 10.2 Å². The van der Waals surface area contributed by atoms with Gasteiger partial charge in [0.1, 0.15) is 12.6 Å². The summed E-state index contributed by atoms with van der Waals surface area (Å²) in [5.41, 5.74) is 1.97. The van der Waals surface area contributed by atoms with E-state index >= 15 is 0 Å². The summed E-state index contributed by atoms with van der Waals surface area (Å²) in [5, 5.41) is 5.24. The lowest BCUT2D eigenvalue weighted by Gasteiger charge is -2.35. The smallest absolute Gasteiger partial charge is 0.244 e. The molecule has 4 aromatic rings. The van der Waals surface area contributed by atoms with Crippen molar-refractivity contribution in [3.8, 4) is 0 Å². The second-order valence-electron chi connectivity index (χ2n) is 11.4. The molecule has 0 aliphatic heterocycles. The van der Waals surface area contributed by atoms with E-state index in [2.05, 4.69) is 5.32 Å². The summed E-state index contributed by atoms with van der Waals surface area (Å²) in [4.78, 5) is 30.0. The van der Waals surface area contributed by atoms with Gasteiger partial charge in [0.2, 0.25) is 21.8 Å². The molecule has 1 saturated carbocycles. The lowest BCUT2D eigenvalue weighted by atomic mass is 9.94. The Morgan fingerprint density at radius 3 is 2.25 bits per heavy atom. The standard InChI is InChI=1S/C35H38ClN3O4S/c1-44(42,43)39(32-22-12-17-27-15-8-10-20-30(27)32)25-34(40)38(24-28-16-9-11-21-31(28)36)33(23-26-13-4-2-5-14-26)35(41)37-29-18-6-3-7-19-29/h2,4-5,8-17,20-22,29,33H,3,6-7,18-19,23-25H2,1H3,(H,37,41)/t33-/m1/s1. The van der Waals surface area contributed by atoms with Crippen LogP contribution in [0.5, 0.6) is 0 Å². The minimum Gasteiger partial charge on any atom is -0.352 e. The fraction of sp³-hybridized carbons (Fsp3) is 0.314. The van der Waals surface area contributed by atoms with E-state index in [1.54, 1.807) is 24.3 Å². The number of hydrogen-bond acceptors (Lipinski definition) is 4. The molecular weight excluding hydrogens is 594 g/mol. The number of carbonyl (C=O) groups excluding carboxylic acids is 2. The van der Waals surface area contributed by atoms with Gasteiger partial charge in [-0.2, -0.15) is 0 Å². The zero-order valence-electron chi connectivity index (χ0n) is 24.9. The van der Waals surface area contributed by atoms with Gasteiger partial charge in [0.15, 0.2) is 0 Å². The molecule has 0 aromatic heterocycles. The first-order valence-electron chi connectivity index (χ1n) is 15.0. The van der Waals surface area contributed by atoms with E-state index in [0.29, 0.717) is 21.7 Å². The van der Waals surface area contributed by atoms with Crippen molar-refractivity contribution in [2.75, 3.05) is 17.1 Å². The summed E-state index contributed by atoms with van der Waals surface area (Å²) in [6.07, 6.45) is 6.39. The molecule has 4 aromatic carbocycles. The van der Waals surface area contributed by atoms with Gasteiger partial charge in [0.05, 0.1) is 11.9 Å². The number of rotatable bonds is 11. The zero-order chi connectivity index (χ0) is 31.1. The minimum absolute atomic E-state index is 0.0370. The van der Waals surface area contributed by atoms with Crippen molar-refractivity contribution in [3.63, 3.8) is 0 Å². The second-order valence-corrected chi connectivity index (χ2v) is 13.7. The van der Waals surface area contributed by atoms with E-state index in [1.807, 2.05) is 72.8 Å². The van der Waals surface area contributed by atoms with Crippen LogP contribution in [0.3, 0.4) is 0 Å². The van der Waals surface area contributed by atoms with Gasteiger partial charge >= 0.3 is 0 Å². The highest BCUT2D eigenvalue weighted by atomic mass is 35.5. The van der Waals surface area contributed by atoms with Crippen LogP contribution in [0.1, 0.15) is 43.2 Å². The van der Waals surface area contributed by atoms with Crippen LogP contribution in [-0.4, -0.2) is 50.0 Å². The van der Waals surface area contributed by atoms with Crippen molar-refractivity contribution in [1.29, 1.82) is 0 Å². The molecule has 0 radical (unpaired) electrons. The van der Waals surface area contributed by atoms with Crippen LogP contribution in [0.15, 0.2) is 97.1 Å². The first kappa shape index (κ1) is 31.5. The maximum Gasteiger partial charge on any atom is 0.244 e. The quantitative estimate of drug-likeness (QED) is 0.209. The molecule has 230 valence electrons. The lowest BCUT2D eigenvalue weighted by molar-refractivity contribution is -0.140. The minimum atomic E-state index is -3.89. The summed E-state index contributed by atoms with van der Waals surface area (Å²) in [6, 6.07) is 28.7. The topological polar surface area (TPSA) is 86.8 Å². The van der Waals surface area contributed by atoms with Gasteiger partial charge in [0.25, 0.3) is 0 Å². The van der Waals surface area contributed by atoms with Gasteiger partial charge in [-0.05, 0) is 41.5 Å². The van der Waals surface area contributed by atoms with Crippen LogP contribution >= 0.6 is 11.6 Å². The van der Waals surface area contributed by atoms with E-state index in [0.717, 1.165) is 53.6 Å². The van der Waals surface area contributed by atoms with Crippen LogP contribution in [0.25, 0.3) is 10.8 Å². The normalized spacial score (nSPS) is 14.6. The average molecular weight is 632 g/mol. The predicted molar refractivity (Wildman–Crippen MR) is 177 cm³/mol. The SMILES string of the molecule is CS(=O)(=O)N(CC(=O)N(Cc1ccccc1Cl)[C@H](Cc1ccccc1)C(=O)NC1CCCCC1)c1cccc2ccccc12. The molecule has 1 atom stereocenters. The van der Waals surface area contributed by atoms with E-state index < -0.39 is 28.5 Å². The van der Waals surface area contributed by atoms with E-state index in [4.69, 9.17) is 11.6 Å². The molecule has 0 bridgehead atoms. The molecule has 1 aliphatic rings. The molecule has 5 rings (SSSR count). The highest BCUT2D eigenvalue weighted by Gasteiger charge is 2.34. The van der Waals surface area contributed by atoms with Crippen LogP contribution in [0, 0.1) is 0 Å². The van der Waals surface area contributed by atoms with Crippen molar-refractivity contribution in [3.05, 3.63) is 113 Å². The molecule has 0 spiro atoms. The van der Waals surface area contributed by atoms with Crippen LogP contribution < -0.4 is 9.62 Å². The van der Waals surface area contributed by atoms with Crippen LogP contribution in [0.4, 0.5) is 5.69 Å². The van der Waals surface area contributed by atoms with Gasteiger partial charge in [-0.3, -0.25) is 13.9 Å². The largest absolute Gasteiger partial charge is 0.352 e. The van der Waals surface area contributed by atoms with Crippen molar-refractivity contribution in [2.24, 2.45) is 0 Å². The van der Waals surface area contributed by atoms with Crippen LogP contribution in [-0.2, 0) is 32.6 Å². The average Bonchev–Trinajstić information content (AvgIpc) is 3.02. The van der Waals surface area contributed by atoms with E-state index in [1.165, 1.54) is 4.90 Å². The number of fused-ring (bicyclic) bond motifs is 1. The second kappa shape index (κ2) is 14.3. The molecule has 0 unspecified atom stereocenters. The summed E-state index contributed by atoms with van der Waals surface area (Å²) in [5.74, 6) is -0.750. The van der Waals surface area contributed by atoms with Gasteiger partial charge in [-0.25, -0.2) is 8.42 Å². The maximum atomic E-state index is 14.5. The van der Waals surface area contributed by atoms with Gasteiger partial charge in [-0.1, -0.05) is 116 Å². The molecule has 1 fully saturated rings. The summed E-state index contributed by atoms with van der Waals surface area (Å²) >= 11 is 6.57. The zero-order valence-corrected chi connectivity index (χ0v) is 26.4. The van der Waals surface area contributed by atoms with Gasteiger partial charge in [0, 0.05) is 29.4 Å². The summed E-state index contributed by atoms with van der Waals surface area (Å²) in [6.45, 7) is -0.430. The number of carbonyl (C=O) groups is 2. The number of nitrogens with zero attached hydrogens (tertiary/aromatic N) is 2. The Morgan fingerprint density at radius 1 is 0.864 bits per heavy atom. The number of amides is 2. The molecular formula is C35H38ClN3O4S. The Labute approximate surface area is 264 Å². The number of sulfonamides is 1. The Balaban J connectivity index is 1.55. The Hall–Kier alpha value is -3.88. The van der Waals surface area contributed by atoms with Crippen molar-refractivity contribution >= 4 is 49.9 Å². The fourth-order valence-electron chi connectivity index (χ4n) is 5.93. The van der Waals surface area contributed by atoms with Gasteiger partial charge in [-0.15, -0.1) is 0 Å². The fourth-order valence-corrected chi connectivity index (χ4v) is 6.99. The number of halogens is 1. The Morgan fingerprint density at radius 2 is 1.52 bits per heavy atom. The summed E-state index contributed by atoms with van der Waals surface area (Å²) < 4.78 is 27.7. The molecule has 1 N–H and O–H groups in total. The Kier molecular flexibility index (Phi) is 10.2. The third-order valence-corrected chi connectivity index (χ3v) is 9.73. The number of benzene rings is 4. The first-order valence-corrected chi connectivity index (χ1v) is 17.3. The highest BCUT2D eigenvalue weighted by Crippen LogP contribution is 2.29. The monoisotopic (exact) mass is 631 g/mol. The number of nitrogens with one attached hydrogen (secondary N) is 1. The van der Waals surface area contributed by atoms with E-state index in [-0.39, 0.29) is 24.9 Å².